The van der Waals surface area contributed by atoms with Gasteiger partial charge in [-0.05, 0) is 12.1 Å². The molecule has 1 aromatic rings. The summed E-state index contributed by atoms with van der Waals surface area (Å²) >= 11 is 0. The van der Waals surface area contributed by atoms with Gasteiger partial charge in [0.2, 0.25) is 0 Å². The lowest BCUT2D eigenvalue weighted by Crippen LogP contribution is -2.34. The first-order chi connectivity index (χ1) is 9.33. The van der Waals surface area contributed by atoms with Gasteiger partial charge in [-0.3, -0.25) is 0 Å². The molecule has 110 valence electrons. The van der Waals surface area contributed by atoms with Crippen molar-refractivity contribution in [2.45, 2.75) is 12.3 Å². The Bertz CT molecular complexity index is 460. The quantitative estimate of drug-likeness (QED) is 0.440. The average molecular weight is 292 g/mol. The molecule has 0 aliphatic heterocycles. The monoisotopic (exact) mass is 292 g/mol. The van der Waals surface area contributed by atoms with Gasteiger partial charge >= 0.3 is 18.3 Å². The molecule has 0 saturated heterocycles. The summed E-state index contributed by atoms with van der Waals surface area (Å²) in [6.07, 6.45) is -3.90. The van der Waals surface area contributed by atoms with Crippen molar-refractivity contribution in [3.05, 3.63) is 42.5 Å². The van der Waals surface area contributed by atoms with Crippen molar-refractivity contribution in [2.75, 3.05) is 13.2 Å². The van der Waals surface area contributed by atoms with E-state index in [4.69, 9.17) is 4.74 Å². The van der Waals surface area contributed by atoms with E-state index in [0.29, 0.717) is 5.75 Å². The molecule has 0 amide bonds. The highest BCUT2D eigenvalue weighted by Crippen LogP contribution is 2.23. The van der Waals surface area contributed by atoms with Crippen LogP contribution in [-0.4, -0.2) is 31.5 Å². The maximum absolute atomic E-state index is 12.5. The second-order valence-corrected chi connectivity index (χ2v) is 3.84. The highest BCUT2D eigenvalue weighted by atomic mass is 19.3. The summed E-state index contributed by atoms with van der Waals surface area (Å²) < 4.78 is 58.0. The smallest absolute Gasteiger partial charge is 0.340 e. The molecular weight excluding hydrogens is 280 g/mol. The number of ether oxygens (including phenoxy) is 2. The van der Waals surface area contributed by atoms with Crippen LogP contribution in [0.3, 0.4) is 0 Å². The number of benzene rings is 1. The van der Waals surface area contributed by atoms with Crippen LogP contribution in [0.1, 0.15) is 0 Å². The first kappa shape index (κ1) is 16.0. The Hall–Kier alpha value is -2.05. The van der Waals surface area contributed by atoms with Gasteiger partial charge in [-0.25, -0.2) is 13.6 Å². The van der Waals surface area contributed by atoms with Crippen LogP contribution in [0.4, 0.5) is 17.6 Å². The van der Waals surface area contributed by atoms with E-state index in [1.165, 1.54) is 0 Å². The standard InChI is InChI=1S/C13H12F4O3/c1-9(7-19-10-5-3-2-4-6-10)11(18)20-8-13(16,17)12(14)15/h2-6,12H,1,7-8H2. The summed E-state index contributed by atoms with van der Waals surface area (Å²) in [5.41, 5.74) is -0.251. The van der Waals surface area contributed by atoms with Crippen LogP contribution >= 0.6 is 0 Å². The summed E-state index contributed by atoms with van der Waals surface area (Å²) in [6, 6.07) is 8.37. The Morgan fingerprint density at radius 2 is 1.85 bits per heavy atom. The number of hydrogen-bond donors (Lipinski definition) is 0. The van der Waals surface area contributed by atoms with Crippen molar-refractivity contribution in [1.82, 2.24) is 0 Å². The first-order valence-corrected chi connectivity index (χ1v) is 5.51. The molecule has 0 unspecified atom stereocenters. The summed E-state index contributed by atoms with van der Waals surface area (Å²) in [4.78, 5) is 11.3. The zero-order valence-electron chi connectivity index (χ0n) is 10.3. The Kier molecular flexibility index (Phi) is 5.54. The molecule has 0 radical (unpaired) electrons. The number of alkyl halides is 4. The molecule has 0 bridgehead atoms. The van der Waals surface area contributed by atoms with Crippen LogP contribution in [0, 0.1) is 0 Å². The van der Waals surface area contributed by atoms with Gasteiger partial charge in [-0.2, -0.15) is 8.78 Å². The van der Waals surface area contributed by atoms with E-state index in [-0.39, 0.29) is 12.2 Å². The van der Waals surface area contributed by atoms with Crippen molar-refractivity contribution < 1.29 is 31.8 Å². The minimum Gasteiger partial charge on any atom is -0.489 e. The van der Waals surface area contributed by atoms with Gasteiger partial charge in [-0.1, -0.05) is 24.8 Å². The van der Waals surface area contributed by atoms with Crippen molar-refractivity contribution in [3.8, 4) is 5.75 Å². The molecule has 0 saturated carbocycles. The number of para-hydroxylation sites is 1. The molecule has 1 aromatic carbocycles. The third-order valence-corrected chi connectivity index (χ3v) is 2.16. The van der Waals surface area contributed by atoms with E-state index >= 15 is 0 Å². The van der Waals surface area contributed by atoms with E-state index in [1.807, 2.05) is 0 Å². The Morgan fingerprint density at radius 3 is 2.40 bits per heavy atom. The lowest BCUT2D eigenvalue weighted by molar-refractivity contribution is -0.176. The predicted octanol–water partition coefficient (Wildman–Crippen LogP) is 3.07. The zero-order chi connectivity index (χ0) is 15.2. The van der Waals surface area contributed by atoms with E-state index in [0.717, 1.165) is 0 Å². The fourth-order valence-electron chi connectivity index (χ4n) is 1.07. The van der Waals surface area contributed by atoms with Gasteiger partial charge < -0.3 is 9.47 Å². The molecule has 0 N–H and O–H groups in total. The number of rotatable bonds is 7. The van der Waals surface area contributed by atoms with Gasteiger partial charge in [0.1, 0.15) is 12.4 Å². The zero-order valence-corrected chi connectivity index (χ0v) is 10.3. The summed E-state index contributed by atoms with van der Waals surface area (Å²) in [7, 11) is 0. The average Bonchev–Trinajstić information content (AvgIpc) is 2.43. The van der Waals surface area contributed by atoms with Crippen LogP contribution in [0.5, 0.6) is 5.75 Å². The maximum Gasteiger partial charge on any atom is 0.340 e. The Balaban J connectivity index is 2.39. The van der Waals surface area contributed by atoms with Crippen molar-refractivity contribution in [1.29, 1.82) is 0 Å². The normalized spacial score (nSPS) is 11.2. The summed E-state index contributed by atoms with van der Waals surface area (Å²) in [5.74, 6) is -5.14. The third-order valence-electron chi connectivity index (χ3n) is 2.16. The summed E-state index contributed by atoms with van der Waals surface area (Å²) in [6.45, 7) is 1.29. The molecule has 7 heteroatoms. The molecule has 0 atom stereocenters. The molecule has 0 aliphatic rings. The van der Waals surface area contributed by atoms with Gasteiger partial charge in [0.05, 0.1) is 5.57 Å². The van der Waals surface area contributed by atoms with E-state index in [2.05, 4.69) is 11.3 Å². The molecule has 3 nitrogen and oxygen atoms in total. The van der Waals surface area contributed by atoms with Crippen LogP contribution in [0.2, 0.25) is 0 Å². The lowest BCUT2D eigenvalue weighted by Gasteiger charge is -2.15. The molecule has 20 heavy (non-hydrogen) atoms. The highest BCUT2D eigenvalue weighted by molar-refractivity contribution is 5.88. The molecule has 0 fully saturated rings. The second kappa shape index (κ2) is 6.93. The molecule has 1 rings (SSSR count). The first-order valence-electron chi connectivity index (χ1n) is 5.51. The van der Waals surface area contributed by atoms with Crippen LogP contribution in [0.15, 0.2) is 42.5 Å². The number of halogens is 4. The van der Waals surface area contributed by atoms with Crippen molar-refractivity contribution in [3.63, 3.8) is 0 Å². The molecule has 0 spiro atoms. The van der Waals surface area contributed by atoms with Crippen LogP contribution in [-0.2, 0) is 9.53 Å². The number of carbonyl (C=O) groups is 1. The molecule has 0 aromatic heterocycles. The van der Waals surface area contributed by atoms with Gasteiger partial charge in [0, 0.05) is 0 Å². The topological polar surface area (TPSA) is 35.5 Å². The predicted molar refractivity (Wildman–Crippen MR) is 63.0 cm³/mol. The second-order valence-electron chi connectivity index (χ2n) is 3.84. The van der Waals surface area contributed by atoms with Crippen molar-refractivity contribution >= 4 is 5.97 Å². The largest absolute Gasteiger partial charge is 0.489 e. The fourth-order valence-corrected chi connectivity index (χ4v) is 1.07. The number of hydrogen-bond acceptors (Lipinski definition) is 3. The Labute approximate surface area is 112 Å². The highest BCUT2D eigenvalue weighted by Gasteiger charge is 2.42. The minimum absolute atomic E-state index is 0.251. The van der Waals surface area contributed by atoms with E-state index < -0.39 is 24.9 Å². The molecule has 0 heterocycles. The van der Waals surface area contributed by atoms with Gasteiger partial charge in [0.25, 0.3) is 0 Å². The minimum atomic E-state index is -4.38. The number of carbonyl (C=O) groups excluding carboxylic acids is 1. The SMILES string of the molecule is C=C(COc1ccccc1)C(=O)OCC(F)(F)C(F)F. The van der Waals surface area contributed by atoms with Crippen molar-refractivity contribution in [2.24, 2.45) is 0 Å². The van der Waals surface area contributed by atoms with E-state index in [1.54, 1.807) is 30.3 Å². The number of esters is 1. The van der Waals surface area contributed by atoms with Gasteiger partial charge in [0.15, 0.2) is 6.61 Å². The molecule has 0 aliphatic carbocycles. The van der Waals surface area contributed by atoms with E-state index in [9.17, 15) is 22.4 Å². The maximum atomic E-state index is 12.5. The van der Waals surface area contributed by atoms with Crippen LogP contribution in [0.25, 0.3) is 0 Å². The van der Waals surface area contributed by atoms with Gasteiger partial charge in [-0.15, -0.1) is 0 Å². The molecular formula is C13H12F4O3. The van der Waals surface area contributed by atoms with Crippen LogP contribution < -0.4 is 4.74 Å². The third kappa shape index (κ3) is 4.91. The lowest BCUT2D eigenvalue weighted by atomic mass is 10.3. The summed E-state index contributed by atoms with van der Waals surface area (Å²) in [5, 5.41) is 0. The fraction of sp³-hybridized carbons (Fsp3) is 0.308. The Morgan fingerprint density at radius 1 is 1.25 bits per heavy atom.